The minimum atomic E-state index is -3.64. The number of nitrogens with one attached hydrogen (secondary N) is 1. The Labute approximate surface area is 189 Å². The zero-order valence-electron chi connectivity index (χ0n) is 19.0. The average molecular weight is 455 g/mol. The topological polar surface area (TPSA) is 84.3 Å². The van der Waals surface area contributed by atoms with Crippen molar-refractivity contribution >= 4 is 26.8 Å². The SMILES string of the molecule is Cc1c(S(=O)(=O)N2CCC(C)CC2)cc(C(=O)NC(C)c2cccc3ncccc23)n1C. The Bertz CT molecular complexity index is 1250. The summed E-state index contributed by atoms with van der Waals surface area (Å²) in [6.07, 6.45) is 3.46. The van der Waals surface area contributed by atoms with Crippen molar-refractivity contribution in [1.29, 1.82) is 0 Å². The third-order valence-electron chi connectivity index (χ3n) is 6.58. The summed E-state index contributed by atoms with van der Waals surface area (Å²) >= 11 is 0. The summed E-state index contributed by atoms with van der Waals surface area (Å²) in [4.78, 5) is 17.7. The van der Waals surface area contributed by atoms with E-state index in [9.17, 15) is 13.2 Å². The van der Waals surface area contributed by atoms with Gasteiger partial charge in [-0.1, -0.05) is 25.1 Å². The summed E-state index contributed by atoms with van der Waals surface area (Å²) < 4.78 is 29.7. The van der Waals surface area contributed by atoms with Crippen LogP contribution in [0.2, 0.25) is 0 Å². The van der Waals surface area contributed by atoms with Gasteiger partial charge in [-0.25, -0.2) is 8.42 Å². The molecular weight excluding hydrogens is 424 g/mol. The summed E-state index contributed by atoms with van der Waals surface area (Å²) in [6, 6.07) is 10.9. The van der Waals surface area contributed by atoms with Crippen molar-refractivity contribution in [3.05, 3.63) is 59.5 Å². The van der Waals surface area contributed by atoms with Gasteiger partial charge in [0.1, 0.15) is 10.6 Å². The molecule has 1 fully saturated rings. The van der Waals surface area contributed by atoms with Gasteiger partial charge < -0.3 is 9.88 Å². The van der Waals surface area contributed by atoms with Gasteiger partial charge in [-0.15, -0.1) is 0 Å². The zero-order valence-corrected chi connectivity index (χ0v) is 19.8. The lowest BCUT2D eigenvalue weighted by Gasteiger charge is -2.29. The highest BCUT2D eigenvalue weighted by molar-refractivity contribution is 7.89. The fourth-order valence-corrected chi connectivity index (χ4v) is 6.11. The molecule has 4 rings (SSSR count). The fourth-order valence-electron chi connectivity index (χ4n) is 4.37. The second-order valence-corrected chi connectivity index (χ2v) is 10.6. The van der Waals surface area contributed by atoms with E-state index in [0.29, 0.717) is 30.4 Å². The van der Waals surface area contributed by atoms with E-state index in [1.807, 2.05) is 37.3 Å². The number of hydrogen-bond acceptors (Lipinski definition) is 4. The Balaban J connectivity index is 1.60. The highest BCUT2D eigenvalue weighted by Crippen LogP contribution is 2.28. The number of aromatic nitrogens is 2. The number of carbonyl (C=O) groups excluding carboxylic acids is 1. The van der Waals surface area contributed by atoms with E-state index in [4.69, 9.17) is 0 Å². The number of amides is 1. The molecule has 0 aliphatic carbocycles. The van der Waals surface area contributed by atoms with E-state index in [2.05, 4.69) is 17.2 Å². The lowest BCUT2D eigenvalue weighted by molar-refractivity contribution is 0.0931. The molecule has 170 valence electrons. The summed E-state index contributed by atoms with van der Waals surface area (Å²) in [5.41, 5.74) is 2.72. The monoisotopic (exact) mass is 454 g/mol. The Kier molecular flexibility index (Phi) is 6.09. The predicted molar refractivity (Wildman–Crippen MR) is 125 cm³/mol. The van der Waals surface area contributed by atoms with Crippen LogP contribution in [0.5, 0.6) is 0 Å². The lowest BCUT2D eigenvalue weighted by atomic mass is 10.0. The van der Waals surface area contributed by atoms with Crippen LogP contribution in [0, 0.1) is 12.8 Å². The lowest BCUT2D eigenvalue weighted by Crippen LogP contribution is -2.38. The summed E-state index contributed by atoms with van der Waals surface area (Å²) in [7, 11) is -1.91. The molecule has 1 unspecified atom stereocenters. The Morgan fingerprint density at radius 2 is 1.91 bits per heavy atom. The summed E-state index contributed by atoms with van der Waals surface area (Å²) in [5, 5.41) is 4.01. The number of benzene rings is 1. The highest BCUT2D eigenvalue weighted by atomic mass is 32.2. The van der Waals surface area contributed by atoms with Crippen molar-refractivity contribution in [3.8, 4) is 0 Å². The van der Waals surface area contributed by atoms with Crippen LogP contribution >= 0.6 is 0 Å². The number of piperidine rings is 1. The molecule has 1 aromatic carbocycles. The van der Waals surface area contributed by atoms with E-state index < -0.39 is 10.0 Å². The molecule has 32 heavy (non-hydrogen) atoms. The molecule has 0 saturated carbocycles. The maximum absolute atomic E-state index is 13.3. The molecule has 1 aliphatic rings. The molecule has 1 N–H and O–H groups in total. The van der Waals surface area contributed by atoms with Crippen molar-refractivity contribution in [2.45, 2.75) is 44.6 Å². The summed E-state index contributed by atoms with van der Waals surface area (Å²) in [6.45, 7) is 6.85. The van der Waals surface area contributed by atoms with Crippen molar-refractivity contribution in [2.24, 2.45) is 13.0 Å². The number of nitrogens with zero attached hydrogens (tertiary/aromatic N) is 3. The molecule has 1 saturated heterocycles. The van der Waals surface area contributed by atoms with Crippen molar-refractivity contribution in [1.82, 2.24) is 19.2 Å². The van der Waals surface area contributed by atoms with Crippen molar-refractivity contribution in [2.75, 3.05) is 13.1 Å². The van der Waals surface area contributed by atoms with Crippen LogP contribution in [0.25, 0.3) is 10.9 Å². The minimum Gasteiger partial charge on any atom is -0.344 e. The number of carbonyl (C=O) groups is 1. The molecule has 3 heterocycles. The minimum absolute atomic E-state index is 0.210. The zero-order chi connectivity index (χ0) is 23.0. The fraction of sp³-hybridized carbons (Fsp3) is 0.417. The smallest absolute Gasteiger partial charge is 0.268 e. The van der Waals surface area contributed by atoms with Gasteiger partial charge in [0.2, 0.25) is 10.0 Å². The first-order valence-corrected chi connectivity index (χ1v) is 12.4. The van der Waals surface area contributed by atoms with Gasteiger partial charge in [0.05, 0.1) is 11.6 Å². The number of fused-ring (bicyclic) bond motifs is 1. The number of pyridine rings is 1. The maximum atomic E-state index is 13.3. The van der Waals surface area contributed by atoms with Gasteiger partial charge in [-0.05, 0) is 56.4 Å². The van der Waals surface area contributed by atoms with Crippen LogP contribution < -0.4 is 5.32 Å². The van der Waals surface area contributed by atoms with Crippen LogP contribution in [0.15, 0.2) is 47.5 Å². The van der Waals surface area contributed by atoms with E-state index in [1.165, 1.54) is 6.07 Å². The molecule has 1 amide bonds. The first-order chi connectivity index (χ1) is 15.2. The third-order valence-corrected chi connectivity index (χ3v) is 8.59. The maximum Gasteiger partial charge on any atom is 0.268 e. The largest absolute Gasteiger partial charge is 0.344 e. The van der Waals surface area contributed by atoms with Gasteiger partial charge in [0.25, 0.3) is 5.91 Å². The molecule has 3 aromatic rings. The van der Waals surface area contributed by atoms with E-state index in [1.54, 1.807) is 29.0 Å². The average Bonchev–Trinajstić information content (AvgIpc) is 3.09. The Morgan fingerprint density at radius 1 is 1.19 bits per heavy atom. The molecule has 2 aromatic heterocycles. The first-order valence-electron chi connectivity index (χ1n) is 11.0. The number of rotatable bonds is 5. The van der Waals surface area contributed by atoms with E-state index in [-0.39, 0.29) is 16.8 Å². The van der Waals surface area contributed by atoms with Crippen LogP contribution in [-0.4, -0.2) is 41.3 Å². The van der Waals surface area contributed by atoms with Crippen LogP contribution in [0.4, 0.5) is 0 Å². The standard InChI is InChI=1S/C24H30N4O3S/c1-16-10-13-28(14-11-16)32(30,31)23-15-22(27(4)18(23)3)24(29)26-17(2)19-7-5-9-21-20(19)8-6-12-25-21/h5-9,12,15-17H,10-11,13-14H2,1-4H3,(H,26,29). The molecule has 8 heteroatoms. The Morgan fingerprint density at radius 3 is 2.62 bits per heavy atom. The van der Waals surface area contributed by atoms with Crippen LogP contribution in [0.1, 0.15) is 54.5 Å². The molecule has 1 atom stereocenters. The van der Waals surface area contributed by atoms with Crippen LogP contribution in [-0.2, 0) is 17.1 Å². The number of sulfonamides is 1. The molecule has 1 aliphatic heterocycles. The van der Waals surface area contributed by atoms with Gasteiger partial charge in [-0.2, -0.15) is 4.31 Å². The van der Waals surface area contributed by atoms with Crippen molar-refractivity contribution in [3.63, 3.8) is 0 Å². The molecule has 0 radical (unpaired) electrons. The predicted octanol–water partition coefficient (Wildman–Crippen LogP) is 3.79. The Hall–Kier alpha value is -2.71. The molecule has 0 spiro atoms. The molecular formula is C24H30N4O3S. The van der Waals surface area contributed by atoms with E-state index >= 15 is 0 Å². The second-order valence-electron chi connectivity index (χ2n) is 8.74. The van der Waals surface area contributed by atoms with Gasteiger partial charge in [0, 0.05) is 37.4 Å². The van der Waals surface area contributed by atoms with Crippen LogP contribution in [0.3, 0.4) is 0 Å². The quantitative estimate of drug-likeness (QED) is 0.636. The normalized spacial score (nSPS) is 16.9. The van der Waals surface area contributed by atoms with Gasteiger partial charge >= 0.3 is 0 Å². The van der Waals surface area contributed by atoms with Crippen molar-refractivity contribution < 1.29 is 13.2 Å². The molecule has 7 nitrogen and oxygen atoms in total. The van der Waals surface area contributed by atoms with E-state index in [0.717, 1.165) is 29.3 Å². The summed E-state index contributed by atoms with van der Waals surface area (Å²) in [5.74, 6) is 0.225. The van der Waals surface area contributed by atoms with Gasteiger partial charge in [-0.3, -0.25) is 9.78 Å². The molecule has 0 bridgehead atoms. The second kappa shape index (κ2) is 8.67. The van der Waals surface area contributed by atoms with Gasteiger partial charge in [0.15, 0.2) is 0 Å². The highest BCUT2D eigenvalue weighted by Gasteiger charge is 2.32. The first kappa shape index (κ1) is 22.5. The third kappa shape index (κ3) is 4.04. The number of hydrogen-bond donors (Lipinski definition) is 1.